The number of urea groups is 1. The Balaban J connectivity index is 2.66. The van der Waals surface area contributed by atoms with Crippen LogP contribution in [0.3, 0.4) is 0 Å². The van der Waals surface area contributed by atoms with Gasteiger partial charge in [-0.25, -0.2) is 4.79 Å². The average molecular weight is 382 g/mol. The van der Waals surface area contributed by atoms with E-state index < -0.39 is 5.97 Å². The fourth-order valence-corrected chi connectivity index (χ4v) is 2.42. The van der Waals surface area contributed by atoms with E-state index >= 15 is 0 Å². The van der Waals surface area contributed by atoms with Gasteiger partial charge in [-0.2, -0.15) is 0 Å². The summed E-state index contributed by atoms with van der Waals surface area (Å²) in [6, 6.07) is 3.05. The van der Waals surface area contributed by atoms with Crippen molar-refractivity contribution < 1.29 is 28.9 Å². The Kier molecular flexibility index (Phi) is 10.5. The average Bonchev–Trinajstić information content (AvgIpc) is 2.61. The maximum absolute atomic E-state index is 12.1. The number of aliphatic carboxylic acids is 1. The molecule has 0 aliphatic carbocycles. The summed E-state index contributed by atoms with van der Waals surface area (Å²) in [6.45, 7) is 7.46. The molecule has 0 spiro atoms. The molecule has 2 amide bonds. The molecule has 0 saturated heterocycles. The zero-order valence-corrected chi connectivity index (χ0v) is 16.3. The van der Waals surface area contributed by atoms with Gasteiger partial charge in [0.2, 0.25) is 5.75 Å². The summed E-state index contributed by atoms with van der Waals surface area (Å²) < 4.78 is 16.9. The molecular weight excluding hydrogens is 352 g/mol. The van der Waals surface area contributed by atoms with Gasteiger partial charge in [-0.3, -0.25) is 4.79 Å². The molecule has 27 heavy (non-hydrogen) atoms. The van der Waals surface area contributed by atoms with Crippen LogP contribution in [0.5, 0.6) is 17.2 Å². The lowest BCUT2D eigenvalue weighted by Crippen LogP contribution is -2.29. The van der Waals surface area contributed by atoms with E-state index in [-0.39, 0.29) is 12.5 Å². The first-order valence-electron chi connectivity index (χ1n) is 9.34. The van der Waals surface area contributed by atoms with Gasteiger partial charge in [-0.05, 0) is 33.6 Å². The SMILES string of the molecule is CCOc1cc(NC(=O)NCCCCCC(=O)O)cc(OCC)c1OCC. The van der Waals surface area contributed by atoms with Crippen LogP contribution in [0.2, 0.25) is 0 Å². The molecule has 8 heteroatoms. The summed E-state index contributed by atoms with van der Waals surface area (Å²) in [7, 11) is 0. The molecule has 0 atom stereocenters. The molecule has 8 nitrogen and oxygen atoms in total. The van der Waals surface area contributed by atoms with Crippen LogP contribution in [0.25, 0.3) is 0 Å². The summed E-state index contributed by atoms with van der Waals surface area (Å²) in [6.07, 6.45) is 2.22. The lowest BCUT2D eigenvalue weighted by atomic mass is 10.2. The largest absolute Gasteiger partial charge is 0.490 e. The Bertz CT molecular complexity index is 579. The fourth-order valence-electron chi connectivity index (χ4n) is 2.42. The van der Waals surface area contributed by atoms with Crippen molar-refractivity contribution >= 4 is 17.7 Å². The first-order valence-corrected chi connectivity index (χ1v) is 9.34. The molecule has 0 heterocycles. The number of benzene rings is 1. The zero-order chi connectivity index (χ0) is 20.1. The number of hydrogen-bond donors (Lipinski definition) is 3. The zero-order valence-electron chi connectivity index (χ0n) is 16.3. The Morgan fingerprint density at radius 2 is 1.52 bits per heavy atom. The standard InChI is InChI=1S/C19H30N2O6/c1-4-25-15-12-14(13-16(26-5-2)18(15)27-6-3)21-19(24)20-11-9-7-8-10-17(22)23/h12-13H,4-11H2,1-3H3,(H,22,23)(H2,20,21,24). The highest BCUT2D eigenvalue weighted by Crippen LogP contribution is 2.40. The molecule has 0 aromatic heterocycles. The molecule has 0 saturated carbocycles. The highest BCUT2D eigenvalue weighted by atomic mass is 16.5. The summed E-state index contributed by atoms with van der Waals surface area (Å²) >= 11 is 0. The first kappa shape index (κ1) is 22.4. The summed E-state index contributed by atoms with van der Waals surface area (Å²) in [5, 5.41) is 14.1. The number of anilines is 1. The van der Waals surface area contributed by atoms with E-state index in [1.54, 1.807) is 12.1 Å². The lowest BCUT2D eigenvalue weighted by Gasteiger charge is -2.17. The lowest BCUT2D eigenvalue weighted by molar-refractivity contribution is -0.137. The monoisotopic (exact) mass is 382 g/mol. The second kappa shape index (κ2) is 12.7. The highest BCUT2D eigenvalue weighted by Gasteiger charge is 2.16. The molecule has 1 aromatic carbocycles. The minimum absolute atomic E-state index is 0.152. The van der Waals surface area contributed by atoms with E-state index in [0.717, 1.165) is 12.8 Å². The molecule has 0 radical (unpaired) electrons. The second-order valence-electron chi connectivity index (χ2n) is 5.69. The minimum atomic E-state index is -0.800. The molecule has 0 unspecified atom stereocenters. The molecule has 0 aliphatic rings. The van der Waals surface area contributed by atoms with Crippen molar-refractivity contribution in [2.24, 2.45) is 0 Å². The van der Waals surface area contributed by atoms with Gasteiger partial charge in [0.15, 0.2) is 11.5 Å². The van der Waals surface area contributed by atoms with Gasteiger partial charge in [-0.15, -0.1) is 0 Å². The predicted molar refractivity (Wildman–Crippen MR) is 103 cm³/mol. The van der Waals surface area contributed by atoms with Crippen LogP contribution >= 0.6 is 0 Å². The Morgan fingerprint density at radius 3 is 2.04 bits per heavy atom. The van der Waals surface area contributed by atoms with Gasteiger partial charge in [0, 0.05) is 25.1 Å². The van der Waals surface area contributed by atoms with Crippen molar-refractivity contribution in [3.63, 3.8) is 0 Å². The number of carbonyl (C=O) groups excluding carboxylic acids is 1. The van der Waals surface area contributed by atoms with E-state index in [9.17, 15) is 9.59 Å². The van der Waals surface area contributed by atoms with Gasteiger partial charge in [0.05, 0.1) is 25.5 Å². The number of unbranched alkanes of at least 4 members (excludes halogenated alkanes) is 2. The second-order valence-corrected chi connectivity index (χ2v) is 5.69. The predicted octanol–water partition coefficient (Wildman–Crippen LogP) is 3.65. The molecule has 152 valence electrons. The van der Waals surface area contributed by atoms with Crippen LogP contribution in [0, 0.1) is 0 Å². The summed E-state index contributed by atoms with van der Waals surface area (Å²) in [5.74, 6) is 0.737. The third-order valence-electron chi connectivity index (χ3n) is 3.52. The minimum Gasteiger partial charge on any atom is -0.490 e. The van der Waals surface area contributed by atoms with Crippen molar-refractivity contribution in [2.75, 3.05) is 31.7 Å². The third-order valence-corrected chi connectivity index (χ3v) is 3.52. The summed E-state index contributed by atoms with van der Waals surface area (Å²) in [5.41, 5.74) is 0.536. The van der Waals surface area contributed by atoms with Crippen LogP contribution in [0.4, 0.5) is 10.5 Å². The molecule has 1 rings (SSSR count). The molecule has 0 fully saturated rings. The van der Waals surface area contributed by atoms with Crippen LogP contribution in [0.1, 0.15) is 46.5 Å². The van der Waals surface area contributed by atoms with Crippen LogP contribution < -0.4 is 24.8 Å². The van der Waals surface area contributed by atoms with Gasteiger partial charge >= 0.3 is 12.0 Å². The van der Waals surface area contributed by atoms with Crippen molar-refractivity contribution in [1.82, 2.24) is 5.32 Å². The van der Waals surface area contributed by atoms with E-state index in [4.69, 9.17) is 19.3 Å². The number of amides is 2. The normalized spacial score (nSPS) is 10.2. The smallest absolute Gasteiger partial charge is 0.319 e. The maximum Gasteiger partial charge on any atom is 0.319 e. The quantitative estimate of drug-likeness (QED) is 0.450. The van der Waals surface area contributed by atoms with E-state index in [1.807, 2.05) is 20.8 Å². The number of rotatable bonds is 13. The Hall–Kier alpha value is -2.64. The number of nitrogens with one attached hydrogen (secondary N) is 2. The highest BCUT2D eigenvalue weighted by molar-refractivity contribution is 5.90. The molecule has 3 N–H and O–H groups in total. The Morgan fingerprint density at radius 1 is 0.926 bits per heavy atom. The first-order chi connectivity index (χ1) is 13.0. The molecular formula is C19H30N2O6. The van der Waals surface area contributed by atoms with Crippen LogP contribution in [-0.4, -0.2) is 43.5 Å². The van der Waals surface area contributed by atoms with Crippen molar-refractivity contribution in [3.05, 3.63) is 12.1 Å². The third kappa shape index (κ3) is 8.52. The number of carboxylic acids is 1. The van der Waals surface area contributed by atoms with Gasteiger partial charge in [0.25, 0.3) is 0 Å². The fraction of sp³-hybridized carbons (Fsp3) is 0.579. The molecule has 0 bridgehead atoms. The van der Waals surface area contributed by atoms with Crippen LogP contribution in [-0.2, 0) is 4.79 Å². The number of hydrogen-bond acceptors (Lipinski definition) is 5. The van der Waals surface area contributed by atoms with Crippen LogP contribution in [0.15, 0.2) is 12.1 Å². The topological polar surface area (TPSA) is 106 Å². The maximum atomic E-state index is 12.1. The summed E-state index contributed by atoms with van der Waals surface area (Å²) in [4.78, 5) is 22.5. The van der Waals surface area contributed by atoms with Crippen molar-refractivity contribution in [3.8, 4) is 17.2 Å². The van der Waals surface area contributed by atoms with Crippen molar-refractivity contribution in [2.45, 2.75) is 46.5 Å². The van der Waals surface area contributed by atoms with Gasteiger partial charge in [-0.1, -0.05) is 6.42 Å². The van der Waals surface area contributed by atoms with Crippen molar-refractivity contribution in [1.29, 1.82) is 0 Å². The Labute approximate surface area is 160 Å². The van der Waals surface area contributed by atoms with E-state index in [0.29, 0.717) is 55.7 Å². The van der Waals surface area contributed by atoms with E-state index in [2.05, 4.69) is 10.6 Å². The number of carboxylic acid groups (broad SMARTS) is 1. The van der Waals surface area contributed by atoms with Gasteiger partial charge in [0.1, 0.15) is 0 Å². The van der Waals surface area contributed by atoms with Gasteiger partial charge < -0.3 is 30.0 Å². The number of ether oxygens (including phenoxy) is 3. The molecule has 1 aromatic rings. The van der Waals surface area contributed by atoms with E-state index in [1.165, 1.54) is 0 Å². The molecule has 0 aliphatic heterocycles. The number of carbonyl (C=O) groups is 2.